The molecule has 0 spiro atoms. The number of rotatable bonds is 4. The van der Waals surface area contributed by atoms with Crippen LogP contribution in [0, 0.1) is 0 Å². The summed E-state index contributed by atoms with van der Waals surface area (Å²) in [5, 5.41) is 0. The fourth-order valence-electron chi connectivity index (χ4n) is 5.02. The van der Waals surface area contributed by atoms with Gasteiger partial charge < -0.3 is 19.6 Å². The van der Waals surface area contributed by atoms with E-state index in [0.717, 1.165) is 63.6 Å². The Balaban J connectivity index is 1.25. The van der Waals surface area contributed by atoms with Crippen molar-refractivity contribution in [2.45, 2.75) is 13.3 Å². The molecule has 32 heavy (non-hydrogen) atoms. The average Bonchev–Trinajstić information content (AvgIpc) is 2.87. The largest absolute Gasteiger partial charge is 0.371 e. The van der Waals surface area contributed by atoms with Crippen LogP contribution in [0.5, 0.6) is 0 Å². The van der Waals surface area contributed by atoms with Gasteiger partial charge in [-0.2, -0.15) is 0 Å². The molecule has 0 amide bonds. The van der Waals surface area contributed by atoms with Crippen LogP contribution in [0.3, 0.4) is 0 Å². The highest BCUT2D eigenvalue weighted by atomic mass is 16.1. The maximum Gasteiger partial charge on any atom is 0.166 e. The third-order valence-corrected chi connectivity index (χ3v) is 7.00. The Bertz CT molecular complexity index is 998. The number of benzene rings is 2. The predicted molar refractivity (Wildman–Crippen MR) is 131 cm³/mol. The summed E-state index contributed by atoms with van der Waals surface area (Å²) in [7, 11) is 0. The van der Waals surface area contributed by atoms with Gasteiger partial charge in [-0.05, 0) is 37.3 Å². The molecule has 0 unspecified atom stereocenters. The third-order valence-electron chi connectivity index (χ3n) is 7.00. The van der Waals surface area contributed by atoms with E-state index in [9.17, 15) is 4.79 Å². The Morgan fingerprint density at radius 3 is 1.53 bits per heavy atom. The maximum atomic E-state index is 12.9. The van der Waals surface area contributed by atoms with Crippen molar-refractivity contribution in [3.63, 3.8) is 0 Å². The van der Waals surface area contributed by atoms with E-state index in [2.05, 4.69) is 86.3 Å². The molecule has 5 heteroatoms. The minimum atomic E-state index is 0.272. The van der Waals surface area contributed by atoms with Gasteiger partial charge in [-0.3, -0.25) is 4.79 Å². The van der Waals surface area contributed by atoms with Crippen molar-refractivity contribution in [3.05, 3.63) is 83.7 Å². The highest BCUT2D eigenvalue weighted by Crippen LogP contribution is 2.29. The highest BCUT2D eigenvalue weighted by molar-refractivity contribution is 5.98. The van der Waals surface area contributed by atoms with E-state index in [0.29, 0.717) is 6.42 Å². The second kappa shape index (κ2) is 9.11. The minimum absolute atomic E-state index is 0.272. The summed E-state index contributed by atoms with van der Waals surface area (Å²) in [5.41, 5.74) is 5.81. The summed E-state index contributed by atoms with van der Waals surface area (Å²) in [4.78, 5) is 22.6. The Morgan fingerprint density at radius 2 is 1.03 bits per heavy atom. The summed E-state index contributed by atoms with van der Waals surface area (Å²) in [6, 6.07) is 21.2. The Labute approximate surface area is 191 Å². The molecule has 5 nitrogen and oxygen atoms in total. The standard InChI is InChI=1S/C27H32N4O/c1-22-26(31-18-16-29(17-19-31)24-10-6-3-7-11-24)20-25(21-27(22)32)30-14-12-28(13-15-30)23-8-4-2-5-9-23/h2-11,20H,12-19,21H2,1H3. The SMILES string of the molecule is CC1=C(N2CCN(c3ccccc3)CC2)C=C(N2CCN(c3ccccc3)CC2)CC1=O. The van der Waals surface area contributed by atoms with Gasteiger partial charge in [-0.15, -0.1) is 0 Å². The average molecular weight is 429 g/mol. The molecule has 166 valence electrons. The molecule has 0 radical (unpaired) electrons. The zero-order chi connectivity index (χ0) is 21.9. The first kappa shape index (κ1) is 20.7. The molecule has 0 saturated carbocycles. The summed E-state index contributed by atoms with van der Waals surface area (Å²) < 4.78 is 0. The lowest BCUT2D eigenvalue weighted by molar-refractivity contribution is -0.115. The smallest absolute Gasteiger partial charge is 0.166 e. The number of anilines is 2. The van der Waals surface area contributed by atoms with Crippen molar-refractivity contribution < 1.29 is 4.79 Å². The van der Waals surface area contributed by atoms with Crippen LogP contribution in [0.15, 0.2) is 83.7 Å². The molecular weight excluding hydrogens is 396 g/mol. The topological polar surface area (TPSA) is 30.0 Å². The summed E-state index contributed by atoms with van der Waals surface area (Å²) >= 11 is 0. The third kappa shape index (κ3) is 4.24. The van der Waals surface area contributed by atoms with Gasteiger partial charge in [-0.1, -0.05) is 36.4 Å². The maximum absolute atomic E-state index is 12.9. The second-order valence-electron chi connectivity index (χ2n) is 8.87. The molecule has 2 aromatic carbocycles. The van der Waals surface area contributed by atoms with Gasteiger partial charge in [0.2, 0.25) is 0 Å². The lowest BCUT2D eigenvalue weighted by atomic mass is 9.97. The molecule has 1 aliphatic carbocycles. The highest BCUT2D eigenvalue weighted by Gasteiger charge is 2.28. The minimum Gasteiger partial charge on any atom is -0.371 e. The van der Waals surface area contributed by atoms with Crippen molar-refractivity contribution in [3.8, 4) is 0 Å². The van der Waals surface area contributed by atoms with E-state index in [1.807, 2.05) is 6.92 Å². The Kier molecular flexibility index (Phi) is 5.89. The predicted octanol–water partition coefficient (Wildman–Crippen LogP) is 3.76. The van der Waals surface area contributed by atoms with Crippen molar-refractivity contribution >= 4 is 17.2 Å². The quantitative estimate of drug-likeness (QED) is 0.740. The molecule has 0 aromatic heterocycles. The molecular formula is C27H32N4O. The molecule has 2 aromatic rings. The van der Waals surface area contributed by atoms with E-state index in [-0.39, 0.29) is 5.78 Å². The zero-order valence-electron chi connectivity index (χ0n) is 18.9. The van der Waals surface area contributed by atoms with Crippen LogP contribution in [0.25, 0.3) is 0 Å². The van der Waals surface area contributed by atoms with Crippen molar-refractivity contribution in [1.82, 2.24) is 9.80 Å². The first-order valence-corrected chi connectivity index (χ1v) is 11.7. The Hall–Kier alpha value is -3.21. The van der Waals surface area contributed by atoms with Crippen LogP contribution in [0.1, 0.15) is 13.3 Å². The van der Waals surface area contributed by atoms with E-state index >= 15 is 0 Å². The van der Waals surface area contributed by atoms with Gasteiger partial charge in [0, 0.05) is 80.7 Å². The second-order valence-corrected chi connectivity index (χ2v) is 8.87. The number of hydrogen-bond acceptors (Lipinski definition) is 5. The number of hydrogen-bond donors (Lipinski definition) is 0. The van der Waals surface area contributed by atoms with Crippen LogP contribution in [-0.2, 0) is 4.79 Å². The van der Waals surface area contributed by atoms with Gasteiger partial charge in [0.15, 0.2) is 5.78 Å². The molecule has 2 fully saturated rings. The van der Waals surface area contributed by atoms with E-state index in [1.165, 1.54) is 17.1 Å². The van der Waals surface area contributed by atoms with Crippen molar-refractivity contribution in [2.75, 3.05) is 62.2 Å². The lowest BCUT2D eigenvalue weighted by Crippen LogP contribution is -2.48. The first-order valence-electron chi connectivity index (χ1n) is 11.7. The number of ketones is 1. The monoisotopic (exact) mass is 428 g/mol. The molecule has 3 aliphatic rings. The number of para-hydroxylation sites is 2. The summed E-state index contributed by atoms with van der Waals surface area (Å²) in [6.45, 7) is 9.75. The number of carbonyl (C=O) groups is 1. The lowest BCUT2D eigenvalue weighted by Gasteiger charge is -2.42. The number of Topliss-reactive ketones (excluding diaryl/α,β-unsaturated/α-hetero) is 1. The number of carbonyl (C=O) groups excluding carboxylic acids is 1. The normalized spacial score (nSPS) is 20.0. The van der Waals surface area contributed by atoms with Crippen LogP contribution in [-0.4, -0.2) is 67.9 Å². The van der Waals surface area contributed by atoms with Gasteiger partial charge in [0.05, 0.1) is 6.42 Å². The van der Waals surface area contributed by atoms with Crippen LogP contribution in [0.2, 0.25) is 0 Å². The van der Waals surface area contributed by atoms with Gasteiger partial charge in [0.25, 0.3) is 0 Å². The van der Waals surface area contributed by atoms with Crippen LogP contribution >= 0.6 is 0 Å². The number of nitrogens with zero attached hydrogens (tertiary/aromatic N) is 4. The summed E-state index contributed by atoms with van der Waals surface area (Å²) in [6.07, 6.45) is 2.83. The van der Waals surface area contributed by atoms with Gasteiger partial charge >= 0.3 is 0 Å². The molecule has 2 heterocycles. The molecule has 0 N–H and O–H groups in total. The summed E-state index contributed by atoms with van der Waals surface area (Å²) in [5.74, 6) is 0.272. The Morgan fingerprint density at radius 1 is 0.594 bits per heavy atom. The molecule has 2 aliphatic heterocycles. The van der Waals surface area contributed by atoms with Gasteiger partial charge in [-0.25, -0.2) is 0 Å². The molecule has 2 saturated heterocycles. The molecule has 5 rings (SSSR count). The fourth-order valence-corrected chi connectivity index (χ4v) is 5.02. The van der Waals surface area contributed by atoms with Crippen LogP contribution < -0.4 is 9.80 Å². The van der Waals surface area contributed by atoms with E-state index < -0.39 is 0 Å². The number of allylic oxidation sites excluding steroid dienone is 3. The van der Waals surface area contributed by atoms with Gasteiger partial charge in [0.1, 0.15) is 0 Å². The molecule has 0 bridgehead atoms. The van der Waals surface area contributed by atoms with Crippen molar-refractivity contribution in [2.24, 2.45) is 0 Å². The molecule has 0 atom stereocenters. The van der Waals surface area contributed by atoms with Crippen molar-refractivity contribution in [1.29, 1.82) is 0 Å². The van der Waals surface area contributed by atoms with E-state index in [4.69, 9.17) is 0 Å². The van der Waals surface area contributed by atoms with Crippen LogP contribution in [0.4, 0.5) is 11.4 Å². The fraction of sp³-hybridized carbons (Fsp3) is 0.370. The first-order chi connectivity index (χ1) is 15.7. The van der Waals surface area contributed by atoms with E-state index in [1.54, 1.807) is 0 Å². The zero-order valence-corrected chi connectivity index (χ0v) is 18.9. The number of piperazine rings is 2.